The smallest absolute Gasteiger partial charge is 0.300 e. The largest absolute Gasteiger partial charge is 0.506 e. The molecule has 0 atom stereocenters. The zero-order valence-corrected chi connectivity index (χ0v) is 19.5. The van der Waals surface area contributed by atoms with Gasteiger partial charge in [-0.25, -0.2) is 0 Å². The molecule has 187 valence electrons. The Bertz CT molecular complexity index is 1200. The summed E-state index contributed by atoms with van der Waals surface area (Å²) in [5.74, 6) is -1.82. The Labute approximate surface area is 210 Å². The van der Waals surface area contributed by atoms with Crippen LogP contribution in [0.4, 0.5) is 11.4 Å². The van der Waals surface area contributed by atoms with Crippen LogP contribution in [0.3, 0.4) is 0 Å². The number of phenols is 2. The molecule has 0 amide bonds. The predicted molar refractivity (Wildman–Crippen MR) is 129 cm³/mol. The van der Waals surface area contributed by atoms with Gasteiger partial charge in [0.1, 0.15) is 22.9 Å². The molecule has 0 heterocycles. The molecule has 0 saturated carbocycles. The summed E-state index contributed by atoms with van der Waals surface area (Å²) in [4.78, 5) is 38.5. The van der Waals surface area contributed by atoms with E-state index < -0.39 is 11.9 Å². The molecule has 0 aliphatic heterocycles. The van der Waals surface area contributed by atoms with Crippen LogP contribution >= 0.6 is 0 Å². The number of hydrogen-bond acceptors (Lipinski definition) is 8. The van der Waals surface area contributed by atoms with Crippen LogP contribution in [0.5, 0.6) is 11.5 Å². The molecule has 0 aliphatic rings. The quantitative estimate of drug-likeness (QED) is 0.179. The van der Waals surface area contributed by atoms with Crippen molar-refractivity contribution in [3.8, 4) is 11.5 Å². The Morgan fingerprint density at radius 1 is 0.600 bits per heavy atom. The van der Waals surface area contributed by atoms with Crippen molar-refractivity contribution in [1.82, 2.24) is 0 Å². The Morgan fingerprint density at radius 2 is 0.829 bits per heavy atom. The van der Waals surface area contributed by atoms with Crippen LogP contribution in [0.2, 0.25) is 0 Å². The van der Waals surface area contributed by atoms with Crippen molar-refractivity contribution in [2.75, 3.05) is 0 Å². The van der Waals surface area contributed by atoms with Crippen molar-refractivity contribution in [2.24, 2.45) is 10.4 Å². The van der Waals surface area contributed by atoms with Crippen LogP contribution in [0.15, 0.2) is 83.2 Å². The molecule has 0 aromatic heterocycles. The zero-order chi connectivity index (χ0) is 25.7. The molecule has 4 aromatic carbocycles. The summed E-state index contributed by atoms with van der Waals surface area (Å²) in [6.45, 7) is 2.17. The number of carbonyl (C=O) groups is 2. The fourth-order valence-electron chi connectivity index (χ4n) is 2.58. The first kappa shape index (κ1) is 30.7. The molecule has 10 nitrogen and oxygen atoms in total. The zero-order valence-electron chi connectivity index (χ0n) is 18.5. The Hall–Kier alpha value is -4.34. The van der Waals surface area contributed by atoms with Crippen LogP contribution in [0.1, 0.15) is 13.8 Å². The first-order valence-electron chi connectivity index (χ1n) is 9.58. The Balaban J connectivity index is 0.000000499. The van der Waals surface area contributed by atoms with Gasteiger partial charge in [0.25, 0.3) is 11.9 Å². The number of phenolic OH excluding ortho intramolecular Hbond substituents is 2. The Kier molecular flexibility index (Phi) is 13.6. The van der Waals surface area contributed by atoms with Gasteiger partial charge in [0.05, 0.1) is 0 Å². The maximum atomic E-state index is 10.3. The molecule has 0 unspecified atom stereocenters. The first-order chi connectivity index (χ1) is 16.1. The number of aromatic hydroxyl groups is 2. The summed E-state index contributed by atoms with van der Waals surface area (Å²) in [6, 6.07) is 21.1. The molecule has 0 aliphatic carbocycles. The second-order valence-electron chi connectivity index (χ2n) is 6.60. The van der Waals surface area contributed by atoms with Crippen LogP contribution in [-0.4, -0.2) is 32.4 Å². The third kappa shape index (κ3) is 10.9. The standard InChI is InChI=1S/2C10H7NO2.2C2H4O2.Cu/c2*12-10-6-8-4-2-1-3-7(8)5-9(10)11-13;2*1-2(3)4;/h2*1-6,12H;2*1H3,(H,3,4);. The van der Waals surface area contributed by atoms with Crippen LogP contribution in [-0.2, 0) is 26.7 Å². The van der Waals surface area contributed by atoms with Crippen molar-refractivity contribution in [3.05, 3.63) is 82.6 Å². The minimum atomic E-state index is -0.833. The van der Waals surface area contributed by atoms with Gasteiger partial charge in [-0.1, -0.05) is 48.5 Å². The third-order valence-electron chi connectivity index (χ3n) is 3.88. The topological polar surface area (TPSA) is 174 Å². The molecule has 4 N–H and O–H groups in total. The minimum absolute atomic E-state index is 0. The summed E-state index contributed by atoms with van der Waals surface area (Å²) < 4.78 is 0. The van der Waals surface area contributed by atoms with Crippen LogP contribution < -0.4 is 0 Å². The molecular weight excluding hydrogens is 508 g/mol. The number of nitroso groups, excluding NO2 is 2. The number of carboxylic acid groups (broad SMARTS) is 2. The summed E-state index contributed by atoms with van der Waals surface area (Å²) in [5.41, 5.74) is 0.164. The van der Waals surface area contributed by atoms with Crippen LogP contribution in [0.25, 0.3) is 21.5 Å². The maximum Gasteiger partial charge on any atom is 0.300 e. The number of rotatable bonds is 2. The van der Waals surface area contributed by atoms with Crippen molar-refractivity contribution in [1.29, 1.82) is 0 Å². The van der Waals surface area contributed by atoms with Crippen molar-refractivity contribution in [2.45, 2.75) is 13.8 Å². The molecule has 0 bridgehead atoms. The number of nitrogens with zero attached hydrogens (tertiary/aromatic N) is 2. The second-order valence-corrected chi connectivity index (χ2v) is 6.60. The number of carboxylic acids is 2. The van der Waals surface area contributed by atoms with E-state index in [-0.39, 0.29) is 39.9 Å². The Morgan fingerprint density at radius 3 is 1.06 bits per heavy atom. The number of hydrogen-bond donors (Lipinski definition) is 4. The van der Waals surface area contributed by atoms with Gasteiger partial charge < -0.3 is 20.4 Å². The minimum Gasteiger partial charge on any atom is -0.506 e. The van der Waals surface area contributed by atoms with Gasteiger partial charge >= 0.3 is 0 Å². The van der Waals surface area contributed by atoms with Crippen molar-refractivity contribution < 1.29 is 47.1 Å². The summed E-state index contributed by atoms with van der Waals surface area (Å²) in [7, 11) is 0. The fourth-order valence-corrected chi connectivity index (χ4v) is 2.58. The van der Waals surface area contributed by atoms with Crippen molar-refractivity contribution >= 4 is 44.9 Å². The molecule has 0 fully saturated rings. The van der Waals surface area contributed by atoms with E-state index in [0.29, 0.717) is 0 Å². The van der Waals surface area contributed by atoms with E-state index in [2.05, 4.69) is 10.4 Å². The third-order valence-corrected chi connectivity index (χ3v) is 3.88. The van der Waals surface area contributed by atoms with Gasteiger partial charge in [-0.05, 0) is 56.2 Å². The molecule has 4 aromatic rings. The molecule has 0 saturated heterocycles. The molecule has 0 spiro atoms. The van der Waals surface area contributed by atoms with E-state index in [1.54, 1.807) is 12.1 Å². The van der Waals surface area contributed by atoms with Gasteiger partial charge in [0.15, 0.2) is 0 Å². The van der Waals surface area contributed by atoms with Gasteiger partial charge in [-0.2, -0.15) is 0 Å². The van der Waals surface area contributed by atoms with E-state index in [0.717, 1.165) is 35.4 Å². The first-order valence-corrected chi connectivity index (χ1v) is 9.58. The van der Waals surface area contributed by atoms with Crippen molar-refractivity contribution in [3.63, 3.8) is 0 Å². The van der Waals surface area contributed by atoms with E-state index in [1.165, 1.54) is 12.1 Å². The SMILES string of the molecule is CC(=O)O.CC(=O)O.O=Nc1cc2ccccc2cc1O.O=Nc1cc2ccccc2cc1O.[Cu]. The predicted octanol–water partition coefficient (Wildman–Crippen LogP) is 6.07. The summed E-state index contributed by atoms with van der Waals surface area (Å²) in [5, 5.41) is 42.5. The molecule has 1 radical (unpaired) electrons. The van der Waals surface area contributed by atoms with E-state index in [1.807, 2.05) is 48.5 Å². The molecule has 4 rings (SSSR count). The van der Waals surface area contributed by atoms with Gasteiger partial charge in [0, 0.05) is 30.9 Å². The second kappa shape index (κ2) is 15.5. The average molecular weight is 530 g/mol. The normalized spacial score (nSPS) is 8.97. The van der Waals surface area contributed by atoms with Crippen LogP contribution in [0, 0.1) is 9.81 Å². The molecule has 35 heavy (non-hydrogen) atoms. The number of benzene rings is 4. The van der Waals surface area contributed by atoms with Gasteiger partial charge in [-0.15, -0.1) is 9.81 Å². The maximum absolute atomic E-state index is 10.3. The monoisotopic (exact) mass is 529 g/mol. The molecule has 11 heteroatoms. The average Bonchev–Trinajstić information content (AvgIpc) is 2.78. The number of aliphatic carboxylic acids is 2. The van der Waals surface area contributed by atoms with E-state index >= 15 is 0 Å². The van der Waals surface area contributed by atoms with E-state index in [9.17, 15) is 20.0 Å². The molecular formula is C24H22CuN2O8. The van der Waals surface area contributed by atoms with E-state index in [4.69, 9.17) is 19.8 Å². The number of fused-ring (bicyclic) bond motifs is 2. The summed E-state index contributed by atoms with van der Waals surface area (Å²) in [6.07, 6.45) is 0. The fraction of sp³-hybridized carbons (Fsp3) is 0.0833. The van der Waals surface area contributed by atoms with Gasteiger partial charge in [0.2, 0.25) is 0 Å². The summed E-state index contributed by atoms with van der Waals surface area (Å²) >= 11 is 0. The van der Waals surface area contributed by atoms with Gasteiger partial charge in [-0.3, -0.25) is 9.59 Å².